The van der Waals surface area contributed by atoms with Crippen molar-refractivity contribution in [3.8, 4) is 0 Å². The van der Waals surface area contributed by atoms with Crippen LogP contribution in [-0.2, 0) is 19.0 Å². The van der Waals surface area contributed by atoms with Crippen LogP contribution in [0.1, 0.15) is 33.1 Å². The van der Waals surface area contributed by atoms with Gasteiger partial charge in [-0.15, -0.1) is 0 Å². The van der Waals surface area contributed by atoms with Crippen LogP contribution in [0.2, 0.25) is 0 Å². The molecule has 0 saturated heterocycles. The van der Waals surface area contributed by atoms with Gasteiger partial charge in [-0.05, 0) is 19.8 Å². The van der Waals surface area contributed by atoms with Gasteiger partial charge in [-0.1, -0.05) is 18.6 Å². The van der Waals surface area contributed by atoms with Gasteiger partial charge in [0.05, 0.1) is 33.0 Å². The Morgan fingerprint density at radius 2 is 1.68 bits per heavy atom. The van der Waals surface area contributed by atoms with E-state index in [-0.39, 0.29) is 19.2 Å². The lowest BCUT2D eigenvalue weighted by atomic mass is 10.1. The fourth-order valence-corrected chi connectivity index (χ4v) is 1.46. The molecule has 0 aromatic rings. The van der Waals surface area contributed by atoms with Crippen LogP contribution in [0.25, 0.3) is 0 Å². The van der Waals surface area contributed by atoms with Crippen LogP contribution in [0, 0.1) is 0 Å². The topological polar surface area (TPSA) is 65.0 Å². The molecule has 0 unspecified atom stereocenters. The third-order valence-corrected chi connectivity index (χ3v) is 2.61. The molecule has 19 heavy (non-hydrogen) atoms. The predicted octanol–water partition coefficient (Wildman–Crippen LogP) is 1.69. The van der Waals surface area contributed by atoms with Crippen molar-refractivity contribution in [1.82, 2.24) is 0 Å². The zero-order valence-corrected chi connectivity index (χ0v) is 12.0. The van der Waals surface area contributed by atoms with E-state index in [4.69, 9.17) is 19.3 Å². The summed E-state index contributed by atoms with van der Waals surface area (Å²) in [6.45, 7) is 5.93. The van der Waals surface area contributed by atoms with Gasteiger partial charge in [0.2, 0.25) is 0 Å². The highest BCUT2D eigenvalue weighted by molar-refractivity contribution is 5.69. The van der Waals surface area contributed by atoms with Crippen LogP contribution in [0.3, 0.4) is 0 Å². The fourth-order valence-electron chi connectivity index (χ4n) is 1.46. The summed E-state index contributed by atoms with van der Waals surface area (Å²) >= 11 is 0. The highest BCUT2D eigenvalue weighted by Gasteiger charge is 2.03. The second kappa shape index (κ2) is 13.5. The van der Waals surface area contributed by atoms with E-state index in [1.54, 1.807) is 0 Å². The lowest BCUT2D eigenvalue weighted by molar-refractivity contribution is -0.145. The first kappa shape index (κ1) is 18.1. The lowest BCUT2D eigenvalue weighted by Crippen LogP contribution is -2.13. The molecule has 0 aliphatic carbocycles. The van der Waals surface area contributed by atoms with Crippen molar-refractivity contribution in [3.63, 3.8) is 0 Å². The highest BCUT2D eigenvalue weighted by Crippen LogP contribution is 2.09. The lowest BCUT2D eigenvalue weighted by Gasteiger charge is -2.07. The number of allylic oxidation sites excluding steroid dienone is 2. The standard InChI is InChI=1S/C14H26O5/c1-3-13(4-2)5-6-14(16)19-12-11-18-10-9-17-8-7-15/h3,15H,4-12H2,1-2H3. The molecule has 0 spiro atoms. The molecule has 0 atom stereocenters. The Kier molecular flexibility index (Phi) is 12.9. The second-order valence-corrected chi connectivity index (χ2v) is 3.97. The first-order chi connectivity index (χ1) is 9.24. The van der Waals surface area contributed by atoms with Crippen molar-refractivity contribution in [2.75, 3.05) is 39.6 Å². The maximum atomic E-state index is 11.4. The Morgan fingerprint density at radius 1 is 1.05 bits per heavy atom. The van der Waals surface area contributed by atoms with Crippen molar-refractivity contribution in [2.45, 2.75) is 33.1 Å². The van der Waals surface area contributed by atoms with Crippen LogP contribution in [0.5, 0.6) is 0 Å². The first-order valence-electron chi connectivity index (χ1n) is 6.80. The molecule has 0 aliphatic heterocycles. The number of aliphatic hydroxyl groups excluding tert-OH is 1. The van der Waals surface area contributed by atoms with Crippen LogP contribution in [0.4, 0.5) is 0 Å². The molecule has 0 aliphatic rings. The van der Waals surface area contributed by atoms with Gasteiger partial charge >= 0.3 is 5.97 Å². The van der Waals surface area contributed by atoms with E-state index in [1.807, 2.05) is 13.0 Å². The Hall–Kier alpha value is -0.910. The largest absolute Gasteiger partial charge is 0.463 e. The first-order valence-corrected chi connectivity index (χ1v) is 6.80. The zero-order valence-electron chi connectivity index (χ0n) is 12.0. The molecule has 0 amide bonds. The van der Waals surface area contributed by atoms with Crippen molar-refractivity contribution in [3.05, 3.63) is 11.6 Å². The number of hydrogen-bond donors (Lipinski definition) is 1. The second-order valence-electron chi connectivity index (χ2n) is 3.97. The minimum absolute atomic E-state index is 0.0174. The fraction of sp³-hybridized carbons (Fsp3) is 0.786. The number of aliphatic hydroxyl groups is 1. The van der Waals surface area contributed by atoms with Crippen LogP contribution >= 0.6 is 0 Å². The molecule has 0 aromatic heterocycles. The third kappa shape index (κ3) is 11.9. The summed E-state index contributed by atoms with van der Waals surface area (Å²) in [5, 5.41) is 8.47. The van der Waals surface area contributed by atoms with E-state index in [0.717, 1.165) is 12.8 Å². The van der Waals surface area contributed by atoms with Crippen molar-refractivity contribution >= 4 is 5.97 Å². The average Bonchev–Trinajstić information content (AvgIpc) is 2.43. The number of carbonyl (C=O) groups excluding carboxylic acids is 1. The van der Waals surface area contributed by atoms with Gasteiger partial charge in [0, 0.05) is 6.42 Å². The van der Waals surface area contributed by atoms with Gasteiger partial charge in [0.1, 0.15) is 6.61 Å². The van der Waals surface area contributed by atoms with Crippen molar-refractivity contribution in [2.24, 2.45) is 0 Å². The SMILES string of the molecule is CC=C(CC)CCC(=O)OCCOCCOCCO. The highest BCUT2D eigenvalue weighted by atomic mass is 16.6. The predicted molar refractivity (Wildman–Crippen MR) is 73.0 cm³/mol. The molecule has 0 aromatic carbocycles. The molecular weight excluding hydrogens is 248 g/mol. The number of esters is 1. The number of carbonyl (C=O) groups is 1. The van der Waals surface area contributed by atoms with E-state index in [1.165, 1.54) is 5.57 Å². The third-order valence-electron chi connectivity index (χ3n) is 2.61. The number of rotatable bonds is 12. The molecule has 0 bridgehead atoms. The molecule has 5 nitrogen and oxygen atoms in total. The molecule has 0 fully saturated rings. The number of ether oxygens (including phenoxy) is 3. The molecule has 5 heteroatoms. The Morgan fingerprint density at radius 3 is 2.26 bits per heavy atom. The maximum Gasteiger partial charge on any atom is 0.306 e. The molecule has 0 saturated carbocycles. The molecule has 0 rings (SSSR count). The summed E-state index contributed by atoms with van der Waals surface area (Å²) in [6, 6.07) is 0. The quantitative estimate of drug-likeness (QED) is 0.333. The Balaban J connectivity index is 3.34. The van der Waals surface area contributed by atoms with Crippen LogP contribution in [-0.4, -0.2) is 50.7 Å². The van der Waals surface area contributed by atoms with E-state index in [2.05, 4.69) is 6.92 Å². The smallest absolute Gasteiger partial charge is 0.306 e. The zero-order chi connectivity index (χ0) is 14.3. The summed E-state index contributed by atoms with van der Waals surface area (Å²) in [6.07, 6.45) is 4.21. The summed E-state index contributed by atoms with van der Waals surface area (Å²) in [7, 11) is 0. The Bertz CT molecular complexity index is 250. The molecular formula is C14H26O5. The molecule has 112 valence electrons. The maximum absolute atomic E-state index is 11.4. The molecule has 0 heterocycles. The van der Waals surface area contributed by atoms with E-state index >= 15 is 0 Å². The van der Waals surface area contributed by atoms with Crippen molar-refractivity contribution < 1.29 is 24.1 Å². The summed E-state index contributed by atoms with van der Waals surface area (Å²) in [4.78, 5) is 11.4. The van der Waals surface area contributed by atoms with Gasteiger partial charge in [0.15, 0.2) is 0 Å². The minimum Gasteiger partial charge on any atom is -0.463 e. The van der Waals surface area contributed by atoms with Crippen molar-refractivity contribution in [1.29, 1.82) is 0 Å². The molecule has 1 N–H and O–H groups in total. The normalized spacial score (nSPS) is 11.6. The molecule has 0 radical (unpaired) electrons. The monoisotopic (exact) mass is 274 g/mol. The van der Waals surface area contributed by atoms with Gasteiger partial charge in [0.25, 0.3) is 0 Å². The summed E-state index contributed by atoms with van der Waals surface area (Å²) in [5.74, 6) is -0.187. The minimum atomic E-state index is -0.187. The number of hydrogen-bond acceptors (Lipinski definition) is 5. The summed E-state index contributed by atoms with van der Waals surface area (Å²) < 4.78 is 15.3. The summed E-state index contributed by atoms with van der Waals surface area (Å²) in [5.41, 5.74) is 1.27. The van der Waals surface area contributed by atoms with E-state index in [9.17, 15) is 4.79 Å². The van der Waals surface area contributed by atoms with E-state index in [0.29, 0.717) is 32.8 Å². The van der Waals surface area contributed by atoms with Gasteiger partial charge in [-0.2, -0.15) is 0 Å². The van der Waals surface area contributed by atoms with Crippen LogP contribution < -0.4 is 0 Å². The van der Waals surface area contributed by atoms with Crippen LogP contribution in [0.15, 0.2) is 11.6 Å². The van der Waals surface area contributed by atoms with Gasteiger partial charge < -0.3 is 19.3 Å². The average molecular weight is 274 g/mol. The van der Waals surface area contributed by atoms with Gasteiger partial charge in [-0.3, -0.25) is 4.79 Å². The Labute approximate surface area is 115 Å². The van der Waals surface area contributed by atoms with E-state index < -0.39 is 0 Å². The van der Waals surface area contributed by atoms with Gasteiger partial charge in [-0.25, -0.2) is 0 Å².